The van der Waals surface area contributed by atoms with Crippen LogP contribution in [0, 0.1) is 17.2 Å². The van der Waals surface area contributed by atoms with Crippen LogP contribution in [0.25, 0.3) is 17.3 Å². The minimum absolute atomic E-state index is 0.182. The van der Waals surface area contributed by atoms with Crippen LogP contribution < -0.4 is 0 Å². The highest BCUT2D eigenvalue weighted by atomic mass is 15.3. The van der Waals surface area contributed by atoms with Gasteiger partial charge in [0.2, 0.25) is 0 Å². The van der Waals surface area contributed by atoms with Crippen molar-refractivity contribution in [2.24, 2.45) is 5.92 Å². The van der Waals surface area contributed by atoms with Gasteiger partial charge in [-0.25, -0.2) is 9.97 Å². The van der Waals surface area contributed by atoms with E-state index in [4.69, 9.17) is 0 Å². The van der Waals surface area contributed by atoms with E-state index in [-0.39, 0.29) is 6.04 Å². The van der Waals surface area contributed by atoms with Gasteiger partial charge >= 0.3 is 0 Å². The number of allylic oxidation sites excluding steroid dienone is 1. The molecule has 1 fully saturated rings. The molecule has 0 aromatic carbocycles. The summed E-state index contributed by atoms with van der Waals surface area (Å²) in [6, 6.07) is 2.52. The number of fused-ring (bicyclic) bond motifs is 1. The maximum absolute atomic E-state index is 9.19. The Labute approximate surface area is 135 Å². The summed E-state index contributed by atoms with van der Waals surface area (Å²) in [6.45, 7) is 0. The Morgan fingerprint density at radius 2 is 2.17 bits per heavy atom. The van der Waals surface area contributed by atoms with Crippen molar-refractivity contribution in [1.82, 2.24) is 19.7 Å². The van der Waals surface area contributed by atoms with E-state index in [1.54, 1.807) is 6.33 Å². The van der Waals surface area contributed by atoms with Gasteiger partial charge < -0.3 is 0 Å². The first-order valence-corrected chi connectivity index (χ1v) is 8.28. The average Bonchev–Trinajstić information content (AvgIpc) is 3.32. The first kappa shape index (κ1) is 14.1. The maximum atomic E-state index is 9.19. The lowest BCUT2D eigenvalue weighted by molar-refractivity contribution is 0.315. The number of rotatable bonds is 4. The summed E-state index contributed by atoms with van der Waals surface area (Å²) >= 11 is 0. The second-order valence-corrected chi connectivity index (χ2v) is 6.37. The molecule has 0 N–H and O–H groups in total. The molecule has 5 heteroatoms. The normalized spacial score (nSPS) is 18.0. The minimum Gasteiger partial charge on any atom is -0.268 e. The van der Waals surface area contributed by atoms with Gasteiger partial charge in [0, 0.05) is 23.7 Å². The highest BCUT2D eigenvalue weighted by molar-refractivity contribution is 5.74. The fourth-order valence-corrected chi connectivity index (χ4v) is 3.84. The Morgan fingerprint density at radius 1 is 1.30 bits per heavy atom. The molecule has 0 saturated heterocycles. The average molecular weight is 305 g/mol. The van der Waals surface area contributed by atoms with Crippen molar-refractivity contribution in [3.63, 3.8) is 0 Å². The number of nitrogens with zero attached hydrogens (tertiary/aromatic N) is 5. The highest BCUT2D eigenvalue weighted by Crippen LogP contribution is 2.36. The van der Waals surface area contributed by atoms with Crippen LogP contribution in [-0.4, -0.2) is 19.7 Å². The monoisotopic (exact) mass is 305 g/mol. The lowest BCUT2D eigenvalue weighted by Crippen LogP contribution is -2.17. The highest BCUT2D eigenvalue weighted by Gasteiger charge is 2.27. The second-order valence-electron chi connectivity index (χ2n) is 6.37. The predicted molar refractivity (Wildman–Crippen MR) is 87.2 cm³/mol. The molecule has 0 aliphatic heterocycles. The molecule has 0 spiro atoms. The predicted octanol–water partition coefficient (Wildman–Crippen LogP) is 3.55. The zero-order chi connectivity index (χ0) is 15.6. The van der Waals surface area contributed by atoms with Crippen LogP contribution in [0.4, 0.5) is 0 Å². The molecule has 116 valence electrons. The van der Waals surface area contributed by atoms with Crippen LogP contribution in [0.2, 0.25) is 0 Å². The molecule has 4 rings (SSSR count). The molecule has 2 aliphatic carbocycles. The van der Waals surface area contributed by atoms with E-state index in [9.17, 15) is 5.26 Å². The molecule has 2 heterocycles. The van der Waals surface area contributed by atoms with Crippen molar-refractivity contribution >= 4 is 6.08 Å². The lowest BCUT2D eigenvalue weighted by Gasteiger charge is -2.21. The van der Waals surface area contributed by atoms with E-state index in [1.165, 1.54) is 25.7 Å². The van der Waals surface area contributed by atoms with Crippen LogP contribution in [0.5, 0.6) is 0 Å². The Morgan fingerprint density at radius 3 is 3.00 bits per heavy atom. The van der Waals surface area contributed by atoms with E-state index in [2.05, 4.69) is 39.5 Å². The lowest BCUT2D eigenvalue weighted by atomic mass is 9.96. The van der Waals surface area contributed by atoms with E-state index in [1.807, 2.05) is 10.9 Å². The van der Waals surface area contributed by atoms with Crippen LogP contribution in [0.15, 0.2) is 24.8 Å². The molecular formula is C18H19N5. The van der Waals surface area contributed by atoms with Crippen LogP contribution >= 0.6 is 0 Å². The van der Waals surface area contributed by atoms with E-state index >= 15 is 0 Å². The number of aromatic nitrogens is 4. The topological polar surface area (TPSA) is 67.4 Å². The summed E-state index contributed by atoms with van der Waals surface area (Å²) in [5, 5.41) is 13.8. The summed E-state index contributed by atoms with van der Waals surface area (Å²) in [4.78, 5) is 8.79. The third-order valence-corrected chi connectivity index (χ3v) is 5.02. The van der Waals surface area contributed by atoms with Crippen molar-refractivity contribution in [1.29, 1.82) is 5.26 Å². The Hall–Kier alpha value is -2.48. The van der Waals surface area contributed by atoms with Crippen molar-refractivity contribution < 1.29 is 0 Å². The van der Waals surface area contributed by atoms with Gasteiger partial charge in [-0.1, -0.05) is 25.0 Å². The summed E-state index contributed by atoms with van der Waals surface area (Å²) in [5.41, 5.74) is 4.13. The van der Waals surface area contributed by atoms with Crippen molar-refractivity contribution in [3.8, 4) is 17.3 Å². The standard InChI is InChI=1S/C18H19N5/c19-9-8-17(13-4-1-2-5-13)23-11-14(10-22-23)18-15-6-3-7-16(15)20-12-21-18/h3,6,10-13,17H,1-2,4-5,7-8H2/t17-/m1/s1. The summed E-state index contributed by atoms with van der Waals surface area (Å²) in [7, 11) is 0. The first-order valence-electron chi connectivity index (χ1n) is 8.28. The molecule has 23 heavy (non-hydrogen) atoms. The molecule has 2 aromatic rings. The smallest absolute Gasteiger partial charge is 0.116 e. The second kappa shape index (κ2) is 5.96. The maximum Gasteiger partial charge on any atom is 0.116 e. The number of hydrogen-bond donors (Lipinski definition) is 0. The van der Waals surface area contributed by atoms with Crippen molar-refractivity contribution in [3.05, 3.63) is 36.1 Å². The van der Waals surface area contributed by atoms with Crippen molar-refractivity contribution in [2.45, 2.75) is 44.6 Å². The van der Waals surface area contributed by atoms with Gasteiger partial charge in [0.15, 0.2) is 0 Å². The fraction of sp³-hybridized carbons (Fsp3) is 0.444. The molecular weight excluding hydrogens is 286 g/mol. The van der Waals surface area contributed by atoms with Crippen LogP contribution in [-0.2, 0) is 6.42 Å². The zero-order valence-corrected chi connectivity index (χ0v) is 13.0. The number of hydrogen-bond acceptors (Lipinski definition) is 4. The van der Waals surface area contributed by atoms with E-state index in [0.717, 1.165) is 28.9 Å². The fourth-order valence-electron chi connectivity index (χ4n) is 3.84. The van der Waals surface area contributed by atoms with Crippen LogP contribution in [0.3, 0.4) is 0 Å². The van der Waals surface area contributed by atoms with E-state index in [0.29, 0.717) is 12.3 Å². The Bertz CT molecular complexity index is 777. The molecule has 1 atom stereocenters. The zero-order valence-electron chi connectivity index (χ0n) is 13.0. The quantitative estimate of drug-likeness (QED) is 0.866. The van der Waals surface area contributed by atoms with Gasteiger partial charge in [0.1, 0.15) is 6.33 Å². The molecule has 0 bridgehead atoms. The Balaban J connectivity index is 1.67. The molecule has 2 aromatic heterocycles. The van der Waals surface area contributed by atoms with Gasteiger partial charge in [-0.3, -0.25) is 4.68 Å². The summed E-state index contributed by atoms with van der Waals surface area (Å²) in [5.74, 6) is 0.568. The third kappa shape index (κ3) is 2.55. The molecule has 0 amide bonds. The van der Waals surface area contributed by atoms with Crippen LogP contribution in [0.1, 0.15) is 49.4 Å². The first-order chi connectivity index (χ1) is 11.4. The SMILES string of the molecule is N#CC[C@H](C1CCCC1)n1cc(-c2ncnc3c2C=CC3)cn1. The van der Waals surface area contributed by atoms with Gasteiger partial charge in [0.05, 0.1) is 36.1 Å². The van der Waals surface area contributed by atoms with Crippen molar-refractivity contribution in [2.75, 3.05) is 0 Å². The minimum atomic E-state index is 0.182. The summed E-state index contributed by atoms with van der Waals surface area (Å²) in [6.07, 6.45) is 16.1. The largest absolute Gasteiger partial charge is 0.268 e. The Kier molecular flexibility index (Phi) is 3.66. The molecule has 0 radical (unpaired) electrons. The van der Waals surface area contributed by atoms with Gasteiger partial charge in [-0.15, -0.1) is 0 Å². The third-order valence-electron chi connectivity index (χ3n) is 5.02. The van der Waals surface area contributed by atoms with Gasteiger partial charge in [0.25, 0.3) is 0 Å². The molecule has 5 nitrogen and oxygen atoms in total. The van der Waals surface area contributed by atoms with E-state index < -0.39 is 0 Å². The van der Waals surface area contributed by atoms with Gasteiger partial charge in [-0.2, -0.15) is 10.4 Å². The molecule has 1 saturated carbocycles. The van der Waals surface area contributed by atoms with Gasteiger partial charge in [-0.05, 0) is 18.8 Å². The molecule has 0 unspecified atom stereocenters. The number of nitriles is 1. The molecule has 2 aliphatic rings. The summed E-state index contributed by atoms with van der Waals surface area (Å²) < 4.78 is 1.99.